The van der Waals surface area contributed by atoms with Gasteiger partial charge in [0.2, 0.25) is 5.91 Å². The first-order chi connectivity index (χ1) is 8.58. The smallest absolute Gasteiger partial charge is 0.223 e. The van der Waals surface area contributed by atoms with E-state index in [9.17, 15) is 4.79 Å². The summed E-state index contributed by atoms with van der Waals surface area (Å²) in [7, 11) is 1.88. The molecule has 0 radical (unpaired) electrons. The summed E-state index contributed by atoms with van der Waals surface area (Å²) in [5, 5.41) is 3.44. The zero-order valence-corrected chi connectivity index (χ0v) is 11.4. The molecule has 1 atom stereocenters. The lowest BCUT2D eigenvalue weighted by Gasteiger charge is -2.21. The molecule has 1 aromatic carbocycles. The van der Waals surface area contributed by atoms with E-state index >= 15 is 0 Å². The van der Waals surface area contributed by atoms with Crippen LogP contribution in [0.15, 0.2) is 24.3 Å². The van der Waals surface area contributed by atoms with Crippen LogP contribution in [0.3, 0.4) is 0 Å². The Hall–Kier alpha value is -1.35. The molecule has 1 N–H and O–H groups in total. The Balaban J connectivity index is 2.13. The molecule has 3 nitrogen and oxygen atoms in total. The fourth-order valence-electron chi connectivity index (χ4n) is 2.32. The summed E-state index contributed by atoms with van der Waals surface area (Å²) in [6.07, 6.45) is 0.594. The molecule has 1 unspecified atom stereocenters. The Morgan fingerprint density at radius 2 is 1.94 bits per heavy atom. The quantitative estimate of drug-likeness (QED) is 0.868. The van der Waals surface area contributed by atoms with Crippen molar-refractivity contribution >= 4 is 5.91 Å². The van der Waals surface area contributed by atoms with E-state index in [2.05, 4.69) is 43.4 Å². The van der Waals surface area contributed by atoms with Crippen LogP contribution in [0.5, 0.6) is 0 Å². The molecule has 1 aliphatic rings. The molecule has 0 bridgehead atoms. The second-order valence-corrected chi connectivity index (χ2v) is 5.35. The van der Waals surface area contributed by atoms with Gasteiger partial charge in [-0.25, -0.2) is 0 Å². The minimum atomic E-state index is 0.226. The minimum absolute atomic E-state index is 0.226. The molecule has 1 saturated heterocycles. The normalized spacial score (nSPS) is 21.2. The lowest BCUT2D eigenvalue weighted by Crippen LogP contribution is -2.30. The maximum Gasteiger partial charge on any atom is 0.223 e. The SMILES string of the molecule is CC(C)c1ccc(C2CN(C)C(=O)CCN2)cc1. The van der Waals surface area contributed by atoms with E-state index in [1.165, 1.54) is 11.1 Å². The van der Waals surface area contributed by atoms with E-state index in [1.54, 1.807) is 0 Å². The fraction of sp³-hybridized carbons (Fsp3) is 0.533. The van der Waals surface area contributed by atoms with Crippen molar-refractivity contribution in [3.05, 3.63) is 35.4 Å². The van der Waals surface area contributed by atoms with Gasteiger partial charge in [0.1, 0.15) is 0 Å². The van der Waals surface area contributed by atoms with Gasteiger partial charge in [0.25, 0.3) is 0 Å². The molecular weight excluding hydrogens is 224 g/mol. The average molecular weight is 246 g/mol. The maximum atomic E-state index is 11.6. The first-order valence-electron chi connectivity index (χ1n) is 6.65. The first-order valence-corrected chi connectivity index (χ1v) is 6.65. The molecule has 0 aromatic heterocycles. The molecule has 0 spiro atoms. The van der Waals surface area contributed by atoms with Gasteiger partial charge >= 0.3 is 0 Å². The molecule has 1 aliphatic heterocycles. The van der Waals surface area contributed by atoms with Gasteiger partial charge in [-0.05, 0) is 17.0 Å². The second kappa shape index (κ2) is 5.53. The van der Waals surface area contributed by atoms with Gasteiger partial charge in [0, 0.05) is 32.6 Å². The van der Waals surface area contributed by atoms with E-state index in [0.717, 1.165) is 13.1 Å². The van der Waals surface area contributed by atoms with Crippen molar-refractivity contribution in [3.63, 3.8) is 0 Å². The summed E-state index contributed by atoms with van der Waals surface area (Å²) in [6, 6.07) is 8.98. The molecule has 3 heteroatoms. The number of hydrogen-bond donors (Lipinski definition) is 1. The zero-order chi connectivity index (χ0) is 13.1. The monoisotopic (exact) mass is 246 g/mol. The average Bonchev–Trinajstić information content (AvgIpc) is 2.52. The number of nitrogens with one attached hydrogen (secondary N) is 1. The highest BCUT2D eigenvalue weighted by molar-refractivity contribution is 5.76. The molecule has 2 rings (SSSR count). The number of nitrogens with zero attached hydrogens (tertiary/aromatic N) is 1. The fourth-order valence-corrected chi connectivity index (χ4v) is 2.32. The highest BCUT2D eigenvalue weighted by Gasteiger charge is 2.20. The maximum absolute atomic E-state index is 11.6. The largest absolute Gasteiger partial charge is 0.344 e. The summed E-state index contributed by atoms with van der Waals surface area (Å²) in [6.45, 7) is 5.91. The van der Waals surface area contributed by atoms with E-state index in [0.29, 0.717) is 12.3 Å². The van der Waals surface area contributed by atoms with E-state index < -0.39 is 0 Å². The number of amides is 1. The standard InChI is InChI=1S/C15H22N2O/c1-11(2)12-4-6-13(7-5-12)14-10-17(3)15(18)8-9-16-14/h4-7,11,14,16H,8-10H2,1-3H3. The van der Waals surface area contributed by atoms with Crippen LogP contribution < -0.4 is 5.32 Å². The van der Waals surface area contributed by atoms with Crippen LogP contribution in [0.1, 0.15) is 43.4 Å². The number of carbonyl (C=O) groups is 1. The van der Waals surface area contributed by atoms with Crippen molar-refractivity contribution < 1.29 is 4.79 Å². The third-order valence-corrected chi connectivity index (χ3v) is 3.62. The predicted octanol–water partition coefficient (Wildman–Crippen LogP) is 2.30. The van der Waals surface area contributed by atoms with Gasteiger partial charge in [-0.15, -0.1) is 0 Å². The van der Waals surface area contributed by atoms with Crippen LogP contribution in [0, 0.1) is 0 Å². The highest BCUT2D eigenvalue weighted by Crippen LogP contribution is 2.20. The molecule has 1 aromatic rings. The Bertz CT molecular complexity index is 411. The first kappa shape index (κ1) is 13.1. The van der Waals surface area contributed by atoms with Crippen LogP contribution >= 0.6 is 0 Å². The van der Waals surface area contributed by atoms with Gasteiger partial charge in [-0.3, -0.25) is 4.79 Å². The predicted molar refractivity (Wildman–Crippen MR) is 73.5 cm³/mol. The van der Waals surface area contributed by atoms with Crippen molar-refractivity contribution in [2.75, 3.05) is 20.1 Å². The molecule has 1 fully saturated rings. The Labute approximate surface area is 109 Å². The van der Waals surface area contributed by atoms with E-state index in [-0.39, 0.29) is 11.9 Å². The van der Waals surface area contributed by atoms with Crippen molar-refractivity contribution in [1.82, 2.24) is 10.2 Å². The molecule has 0 aliphatic carbocycles. The van der Waals surface area contributed by atoms with Crippen LogP contribution in [0.25, 0.3) is 0 Å². The Morgan fingerprint density at radius 1 is 1.28 bits per heavy atom. The second-order valence-electron chi connectivity index (χ2n) is 5.35. The third-order valence-electron chi connectivity index (χ3n) is 3.62. The zero-order valence-electron chi connectivity index (χ0n) is 11.4. The van der Waals surface area contributed by atoms with Crippen molar-refractivity contribution in [3.8, 4) is 0 Å². The van der Waals surface area contributed by atoms with Crippen LogP contribution in [-0.2, 0) is 4.79 Å². The summed E-state index contributed by atoms with van der Waals surface area (Å²) in [4.78, 5) is 13.4. The Kier molecular flexibility index (Phi) is 4.02. The Morgan fingerprint density at radius 3 is 2.56 bits per heavy atom. The minimum Gasteiger partial charge on any atom is -0.344 e. The van der Waals surface area contributed by atoms with Crippen LogP contribution in [0.2, 0.25) is 0 Å². The lowest BCUT2D eigenvalue weighted by molar-refractivity contribution is -0.129. The van der Waals surface area contributed by atoms with E-state index in [4.69, 9.17) is 0 Å². The lowest BCUT2D eigenvalue weighted by atomic mass is 9.99. The number of rotatable bonds is 2. The molecule has 98 valence electrons. The van der Waals surface area contributed by atoms with Gasteiger partial charge in [0.05, 0.1) is 0 Å². The molecule has 0 saturated carbocycles. The number of hydrogen-bond acceptors (Lipinski definition) is 2. The molecular formula is C15H22N2O. The van der Waals surface area contributed by atoms with Gasteiger partial charge in [-0.1, -0.05) is 38.1 Å². The molecule has 1 heterocycles. The highest BCUT2D eigenvalue weighted by atomic mass is 16.2. The van der Waals surface area contributed by atoms with Crippen molar-refractivity contribution in [2.45, 2.75) is 32.2 Å². The summed E-state index contributed by atoms with van der Waals surface area (Å²) < 4.78 is 0. The third kappa shape index (κ3) is 2.91. The number of benzene rings is 1. The summed E-state index contributed by atoms with van der Waals surface area (Å²) in [5.74, 6) is 0.786. The van der Waals surface area contributed by atoms with Crippen LogP contribution in [-0.4, -0.2) is 30.9 Å². The van der Waals surface area contributed by atoms with Crippen molar-refractivity contribution in [2.24, 2.45) is 0 Å². The van der Waals surface area contributed by atoms with Gasteiger partial charge in [-0.2, -0.15) is 0 Å². The molecule has 18 heavy (non-hydrogen) atoms. The topological polar surface area (TPSA) is 32.3 Å². The van der Waals surface area contributed by atoms with Crippen LogP contribution in [0.4, 0.5) is 0 Å². The summed E-state index contributed by atoms with van der Waals surface area (Å²) >= 11 is 0. The van der Waals surface area contributed by atoms with E-state index in [1.807, 2.05) is 11.9 Å². The van der Waals surface area contributed by atoms with Gasteiger partial charge < -0.3 is 10.2 Å². The number of carbonyl (C=O) groups excluding carboxylic acids is 1. The molecule has 1 amide bonds. The number of likely N-dealkylation sites (N-methyl/N-ethyl adjacent to an activating group) is 1. The van der Waals surface area contributed by atoms with Crippen molar-refractivity contribution in [1.29, 1.82) is 0 Å². The summed E-state index contributed by atoms with van der Waals surface area (Å²) in [5.41, 5.74) is 2.62. The van der Waals surface area contributed by atoms with Gasteiger partial charge in [0.15, 0.2) is 0 Å².